The summed E-state index contributed by atoms with van der Waals surface area (Å²) in [6, 6.07) is 14.2. The Balaban J connectivity index is 1.90. The molecule has 0 spiro atoms. The average Bonchev–Trinajstić information content (AvgIpc) is 3.18. The van der Waals surface area contributed by atoms with E-state index in [1.165, 1.54) is 0 Å². The van der Waals surface area contributed by atoms with Crippen LogP contribution in [0.3, 0.4) is 0 Å². The van der Waals surface area contributed by atoms with Gasteiger partial charge in [0.15, 0.2) is 0 Å². The smallest absolute Gasteiger partial charge is 0.0954 e. The number of hydrogen-bond donors (Lipinski definition) is 1. The van der Waals surface area contributed by atoms with Crippen LogP contribution in [0.4, 0.5) is 0 Å². The van der Waals surface area contributed by atoms with Crippen LogP contribution in [0.5, 0.6) is 0 Å². The van der Waals surface area contributed by atoms with Crippen LogP contribution >= 0.6 is 11.6 Å². The van der Waals surface area contributed by atoms with Crippen LogP contribution in [0.2, 0.25) is 5.02 Å². The van der Waals surface area contributed by atoms with Crippen molar-refractivity contribution in [2.24, 2.45) is 0 Å². The average molecular weight is 309 g/mol. The lowest BCUT2D eigenvalue weighted by molar-refractivity contribution is 0.677. The maximum Gasteiger partial charge on any atom is 0.0954 e. The van der Waals surface area contributed by atoms with Crippen LogP contribution in [0.15, 0.2) is 67.5 Å². The molecular formula is C17H13ClN4. The number of benzene rings is 2. The third-order valence-electron chi connectivity index (χ3n) is 3.75. The number of H-pyrrole nitrogens is 1. The van der Waals surface area contributed by atoms with Crippen molar-refractivity contribution in [3.63, 3.8) is 0 Å². The van der Waals surface area contributed by atoms with Crippen LogP contribution in [-0.4, -0.2) is 19.5 Å². The zero-order valence-electron chi connectivity index (χ0n) is 11.6. The second-order valence-electron chi connectivity index (χ2n) is 5.15. The lowest BCUT2D eigenvalue weighted by Crippen LogP contribution is -2.10. The van der Waals surface area contributed by atoms with Gasteiger partial charge in [0.2, 0.25) is 0 Å². The minimum atomic E-state index is 0.0221. The topological polar surface area (TPSA) is 46.5 Å². The highest BCUT2D eigenvalue weighted by Crippen LogP contribution is 2.29. The fraction of sp³-hybridized carbons (Fsp3) is 0.0588. The predicted molar refractivity (Wildman–Crippen MR) is 87.0 cm³/mol. The van der Waals surface area contributed by atoms with Crippen molar-refractivity contribution in [1.82, 2.24) is 19.5 Å². The van der Waals surface area contributed by atoms with Gasteiger partial charge in [-0.15, -0.1) is 0 Å². The van der Waals surface area contributed by atoms with Gasteiger partial charge in [-0.2, -0.15) is 0 Å². The van der Waals surface area contributed by atoms with Gasteiger partial charge in [-0.3, -0.25) is 0 Å². The van der Waals surface area contributed by atoms with Gasteiger partial charge in [-0.1, -0.05) is 29.8 Å². The van der Waals surface area contributed by atoms with E-state index in [0.29, 0.717) is 0 Å². The Morgan fingerprint density at radius 2 is 2.00 bits per heavy atom. The Labute approximate surface area is 132 Å². The molecule has 0 fully saturated rings. The van der Waals surface area contributed by atoms with Crippen molar-refractivity contribution < 1.29 is 0 Å². The first kappa shape index (κ1) is 13.1. The van der Waals surface area contributed by atoms with Crippen molar-refractivity contribution in [3.05, 3.63) is 83.7 Å². The monoisotopic (exact) mass is 308 g/mol. The molecule has 0 amide bonds. The summed E-state index contributed by atoms with van der Waals surface area (Å²) in [4.78, 5) is 11.6. The van der Waals surface area contributed by atoms with E-state index in [0.717, 1.165) is 27.2 Å². The molecule has 0 saturated carbocycles. The number of fused-ring (bicyclic) bond motifs is 1. The Bertz CT molecular complexity index is 911. The highest BCUT2D eigenvalue weighted by Gasteiger charge is 2.17. The number of imidazole rings is 2. The van der Waals surface area contributed by atoms with Gasteiger partial charge >= 0.3 is 0 Å². The number of halogens is 1. The lowest BCUT2D eigenvalue weighted by Gasteiger charge is -2.20. The summed E-state index contributed by atoms with van der Waals surface area (Å²) < 4.78 is 2.07. The molecule has 1 atom stereocenters. The molecule has 0 aliphatic heterocycles. The van der Waals surface area contributed by atoms with Crippen LogP contribution in [0, 0.1) is 0 Å². The van der Waals surface area contributed by atoms with E-state index in [4.69, 9.17) is 11.6 Å². The van der Waals surface area contributed by atoms with Gasteiger partial charge in [0.1, 0.15) is 0 Å². The van der Waals surface area contributed by atoms with Crippen LogP contribution in [0.1, 0.15) is 17.2 Å². The molecule has 4 nitrogen and oxygen atoms in total. The molecule has 5 heteroatoms. The molecule has 2 heterocycles. The van der Waals surface area contributed by atoms with Crippen molar-refractivity contribution in [3.8, 4) is 0 Å². The van der Waals surface area contributed by atoms with Gasteiger partial charge in [0, 0.05) is 17.4 Å². The predicted octanol–water partition coefficient (Wildman–Crippen LogP) is 4.05. The SMILES string of the molecule is Clc1cccc([C@@H](c2ccc3nc[nH]c3c2)n2ccnc2)c1. The molecule has 0 aliphatic rings. The van der Waals surface area contributed by atoms with Crippen molar-refractivity contribution in [2.75, 3.05) is 0 Å². The van der Waals surface area contributed by atoms with E-state index >= 15 is 0 Å². The first-order valence-electron chi connectivity index (χ1n) is 6.97. The number of nitrogens with zero attached hydrogens (tertiary/aromatic N) is 3. The van der Waals surface area contributed by atoms with Gasteiger partial charge in [-0.25, -0.2) is 9.97 Å². The van der Waals surface area contributed by atoms with E-state index in [1.54, 1.807) is 12.5 Å². The zero-order chi connectivity index (χ0) is 14.9. The maximum absolute atomic E-state index is 6.17. The first-order chi connectivity index (χ1) is 10.8. The van der Waals surface area contributed by atoms with Crippen LogP contribution < -0.4 is 0 Å². The number of aromatic nitrogens is 4. The first-order valence-corrected chi connectivity index (χ1v) is 7.35. The van der Waals surface area contributed by atoms with Gasteiger partial charge in [-0.05, 0) is 35.4 Å². The Morgan fingerprint density at radius 1 is 1.09 bits per heavy atom. The lowest BCUT2D eigenvalue weighted by atomic mass is 9.98. The van der Waals surface area contributed by atoms with Gasteiger partial charge < -0.3 is 9.55 Å². The molecule has 22 heavy (non-hydrogen) atoms. The highest BCUT2D eigenvalue weighted by molar-refractivity contribution is 6.30. The van der Waals surface area contributed by atoms with E-state index in [9.17, 15) is 0 Å². The van der Waals surface area contributed by atoms with E-state index in [-0.39, 0.29) is 6.04 Å². The summed E-state index contributed by atoms with van der Waals surface area (Å²) >= 11 is 6.17. The normalized spacial score (nSPS) is 12.6. The Kier molecular flexibility index (Phi) is 3.16. The molecular weight excluding hydrogens is 296 g/mol. The fourth-order valence-corrected chi connectivity index (χ4v) is 2.96. The van der Waals surface area contributed by atoms with Crippen molar-refractivity contribution >= 4 is 22.6 Å². The third-order valence-corrected chi connectivity index (χ3v) is 3.98. The maximum atomic E-state index is 6.17. The molecule has 108 valence electrons. The van der Waals surface area contributed by atoms with Crippen LogP contribution in [-0.2, 0) is 0 Å². The minimum Gasteiger partial charge on any atom is -0.345 e. The summed E-state index contributed by atoms with van der Waals surface area (Å²) in [5.74, 6) is 0. The van der Waals surface area contributed by atoms with Gasteiger partial charge in [0.05, 0.1) is 29.7 Å². The molecule has 2 aromatic heterocycles. The summed E-state index contributed by atoms with van der Waals surface area (Å²) in [6.45, 7) is 0. The molecule has 2 aromatic carbocycles. The number of rotatable bonds is 3. The summed E-state index contributed by atoms with van der Waals surface area (Å²) in [5.41, 5.74) is 4.24. The van der Waals surface area contributed by atoms with E-state index in [2.05, 4.69) is 37.7 Å². The van der Waals surface area contributed by atoms with Crippen molar-refractivity contribution in [1.29, 1.82) is 0 Å². The number of nitrogens with one attached hydrogen (secondary N) is 1. The summed E-state index contributed by atoms with van der Waals surface area (Å²) in [7, 11) is 0. The second kappa shape index (κ2) is 5.31. The molecule has 0 saturated heterocycles. The molecule has 1 N–H and O–H groups in total. The second-order valence-corrected chi connectivity index (χ2v) is 5.58. The summed E-state index contributed by atoms with van der Waals surface area (Å²) in [5, 5.41) is 0.727. The molecule has 0 aliphatic carbocycles. The standard InChI is InChI=1S/C17H13ClN4/c18-14-3-1-2-12(8-14)17(22-7-6-19-11-22)13-4-5-15-16(9-13)21-10-20-15/h1-11,17H,(H,20,21)/t17-/m0/s1. The Hall–Kier alpha value is -2.59. The van der Waals surface area contributed by atoms with Crippen LogP contribution in [0.25, 0.3) is 11.0 Å². The minimum absolute atomic E-state index is 0.0221. The fourth-order valence-electron chi connectivity index (χ4n) is 2.76. The molecule has 0 radical (unpaired) electrons. The number of hydrogen-bond acceptors (Lipinski definition) is 2. The van der Waals surface area contributed by atoms with Crippen molar-refractivity contribution in [2.45, 2.75) is 6.04 Å². The summed E-state index contributed by atoms with van der Waals surface area (Å²) in [6.07, 6.45) is 7.28. The van der Waals surface area contributed by atoms with E-state index in [1.807, 2.05) is 36.8 Å². The van der Waals surface area contributed by atoms with Gasteiger partial charge in [0.25, 0.3) is 0 Å². The molecule has 4 aromatic rings. The largest absolute Gasteiger partial charge is 0.345 e. The van der Waals surface area contributed by atoms with E-state index < -0.39 is 0 Å². The molecule has 0 bridgehead atoms. The quantitative estimate of drug-likeness (QED) is 0.620. The Morgan fingerprint density at radius 3 is 2.82 bits per heavy atom. The highest BCUT2D eigenvalue weighted by atomic mass is 35.5. The third kappa shape index (κ3) is 2.27. The molecule has 4 rings (SSSR count). The zero-order valence-corrected chi connectivity index (χ0v) is 12.4. The number of aromatic amines is 1. The molecule has 0 unspecified atom stereocenters.